The van der Waals surface area contributed by atoms with Gasteiger partial charge in [-0.15, -0.1) is 11.8 Å². The lowest BCUT2D eigenvalue weighted by Crippen LogP contribution is -2.43. The number of hydrogen-bond acceptors (Lipinski definition) is 4. The van der Waals surface area contributed by atoms with Crippen molar-refractivity contribution in [3.63, 3.8) is 0 Å². The van der Waals surface area contributed by atoms with E-state index in [1.807, 2.05) is 13.8 Å². The first-order valence-electron chi connectivity index (χ1n) is 7.93. The number of aliphatic carboxylic acids is 1. The largest absolute Gasteiger partial charge is 0.480 e. The van der Waals surface area contributed by atoms with Crippen molar-refractivity contribution in [1.29, 1.82) is 0 Å². The van der Waals surface area contributed by atoms with Crippen molar-refractivity contribution in [1.82, 2.24) is 10.2 Å². The van der Waals surface area contributed by atoms with E-state index in [2.05, 4.69) is 34.5 Å². The van der Waals surface area contributed by atoms with Crippen molar-refractivity contribution in [2.45, 2.75) is 49.4 Å². The van der Waals surface area contributed by atoms with E-state index in [0.717, 1.165) is 6.54 Å². The number of thioether (sulfide) groups is 1. The Morgan fingerprint density at radius 2 is 2.14 bits per heavy atom. The highest BCUT2D eigenvalue weighted by Gasteiger charge is 2.45. The lowest BCUT2D eigenvalue weighted by atomic mass is 10.0. The Morgan fingerprint density at radius 1 is 1.41 bits per heavy atom. The molecular weight excluding hydrogens is 296 g/mol. The molecule has 2 N–H and O–H groups in total. The van der Waals surface area contributed by atoms with Crippen LogP contribution in [0.25, 0.3) is 0 Å². The Kier molecular flexibility index (Phi) is 4.48. The van der Waals surface area contributed by atoms with Crippen molar-refractivity contribution in [3.8, 4) is 0 Å². The zero-order valence-corrected chi connectivity index (χ0v) is 14.0. The molecule has 2 heterocycles. The van der Waals surface area contributed by atoms with Gasteiger partial charge in [0.2, 0.25) is 0 Å². The van der Waals surface area contributed by atoms with Crippen LogP contribution < -0.4 is 5.32 Å². The third-order valence-electron chi connectivity index (χ3n) is 4.54. The lowest BCUT2D eigenvalue weighted by molar-refractivity contribution is -0.139. The van der Waals surface area contributed by atoms with E-state index in [4.69, 9.17) is 0 Å². The quantitative estimate of drug-likeness (QED) is 0.893. The number of carbonyl (C=O) groups is 1. The Hall–Kier alpha value is -1.04. The smallest absolute Gasteiger partial charge is 0.322 e. The van der Waals surface area contributed by atoms with Crippen molar-refractivity contribution in [2.24, 2.45) is 0 Å². The molecule has 2 aliphatic rings. The fourth-order valence-corrected chi connectivity index (χ4v) is 4.74. The van der Waals surface area contributed by atoms with E-state index in [1.165, 1.54) is 37.1 Å². The predicted octanol–water partition coefficient (Wildman–Crippen LogP) is 2.85. The molecule has 2 unspecified atom stereocenters. The SMILES string of the molecule is CC1(C)SC(c2cccc(CN3CCCC3)c2)NC1C(=O)O. The molecule has 0 spiro atoms. The number of carboxylic acids is 1. The summed E-state index contributed by atoms with van der Waals surface area (Å²) in [5, 5.41) is 12.7. The zero-order chi connectivity index (χ0) is 15.7. The van der Waals surface area contributed by atoms with Gasteiger partial charge in [-0.1, -0.05) is 24.3 Å². The third-order valence-corrected chi connectivity index (χ3v) is 6.03. The van der Waals surface area contributed by atoms with E-state index >= 15 is 0 Å². The van der Waals surface area contributed by atoms with Crippen LogP contribution in [0.1, 0.15) is 43.2 Å². The Morgan fingerprint density at radius 3 is 2.77 bits per heavy atom. The maximum absolute atomic E-state index is 11.4. The van der Waals surface area contributed by atoms with Crippen LogP contribution in [0.4, 0.5) is 0 Å². The molecule has 1 aromatic rings. The summed E-state index contributed by atoms with van der Waals surface area (Å²) in [5.74, 6) is -0.770. The molecule has 2 fully saturated rings. The molecule has 0 aliphatic carbocycles. The standard InChI is InChI=1S/C17H24N2O2S/c1-17(2)14(16(20)21)18-15(22-17)13-7-5-6-12(10-13)11-19-8-3-4-9-19/h5-7,10,14-15,18H,3-4,8-9,11H2,1-2H3,(H,20,21). The van der Waals surface area contributed by atoms with E-state index in [9.17, 15) is 9.90 Å². The van der Waals surface area contributed by atoms with Gasteiger partial charge in [-0.2, -0.15) is 0 Å². The second-order valence-electron chi connectivity index (χ2n) is 6.77. The highest BCUT2D eigenvalue weighted by atomic mass is 32.2. The summed E-state index contributed by atoms with van der Waals surface area (Å²) < 4.78 is -0.304. The second kappa shape index (κ2) is 6.22. The van der Waals surface area contributed by atoms with Crippen LogP contribution in [0.2, 0.25) is 0 Å². The maximum atomic E-state index is 11.4. The Bertz CT molecular complexity index is 555. The molecule has 4 nitrogen and oxygen atoms in total. The fraction of sp³-hybridized carbons (Fsp3) is 0.588. The van der Waals surface area contributed by atoms with Crippen LogP contribution >= 0.6 is 11.8 Å². The minimum absolute atomic E-state index is 0.0506. The topological polar surface area (TPSA) is 52.6 Å². The summed E-state index contributed by atoms with van der Waals surface area (Å²) in [6, 6.07) is 8.07. The highest BCUT2D eigenvalue weighted by Crippen LogP contribution is 2.45. The summed E-state index contributed by atoms with van der Waals surface area (Å²) in [4.78, 5) is 13.9. The minimum atomic E-state index is -0.770. The molecule has 2 atom stereocenters. The maximum Gasteiger partial charge on any atom is 0.322 e. The monoisotopic (exact) mass is 320 g/mol. The van der Waals surface area contributed by atoms with Crippen molar-refractivity contribution < 1.29 is 9.90 Å². The number of rotatable bonds is 4. The molecule has 0 bridgehead atoms. The van der Waals surface area contributed by atoms with Gasteiger partial charge in [-0.05, 0) is 50.9 Å². The second-order valence-corrected chi connectivity index (χ2v) is 8.53. The first-order chi connectivity index (χ1) is 10.5. The van der Waals surface area contributed by atoms with Gasteiger partial charge in [-0.25, -0.2) is 0 Å². The summed E-state index contributed by atoms with van der Waals surface area (Å²) in [6.45, 7) is 7.37. The van der Waals surface area contributed by atoms with Crippen molar-refractivity contribution in [3.05, 3.63) is 35.4 Å². The minimum Gasteiger partial charge on any atom is -0.480 e. The van der Waals surface area contributed by atoms with Gasteiger partial charge in [0.25, 0.3) is 0 Å². The molecule has 5 heteroatoms. The Labute approximate surface area is 136 Å². The van der Waals surface area contributed by atoms with Crippen LogP contribution in [-0.4, -0.2) is 39.9 Å². The van der Waals surface area contributed by atoms with Crippen molar-refractivity contribution >= 4 is 17.7 Å². The average molecular weight is 320 g/mol. The first-order valence-corrected chi connectivity index (χ1v) is 8.81. The highest BCUT2D eigenvalue weighted by molar-refractivity contribution is 8.01. The van der Waals surface area contributed by atoms with Gasteiger partial charge in [0, 0.05) is 11.3 Å². The van der Waals surface area contributed by atoms with Gasteiger partial charge in [0.15, 0.2) is 0 Å². The van der Waals surface area contributed by atoms with Gasteiger partial charge in [-0.3, -0.25) is 15.0 Å². The van der Waals surface area contributed by atoms with Crippen LogP contribution in [0.15, 0.2) is 24.3 Å². The number of likely N-dealkylation sites (tertiary alicyclic amines) is 1. The average Bonchev–Trinajstić information content (AvgIpc) is 3.06. The summed E-state index contributed by atoms with van der Waals surface area (Å²) in [6.07, 6.45) is 2.60. The van der Waals surface area contributed by atoms with Crippen molar-refractivity contribution in [2.75, 3.05) is 13.1 Å². The molecule has 2 aliphatic heterocycles. The molecule has 1 aromatic carbocycles. The molecule has 3 rings (SSSR count). The molecule has 120 valence electrons. The number of hydrogen-bond donors (Lipinski definition) is 2. The van der Waals surface area contributed by atoms with Gasteiger partial charge in [0.05, 0.1) is 5.37 Å². The van der Waals surface area contributed by atoms with E-state index in [0.29, 0.717) is 0 Å². The zero-order valence-electron chi connectivity index (χ0n) is 13.2. The van der Waals surface area contributed by atoms with Gasteiger partial charge >= 0.3 is 5.97 Å². The molecule has 0 aromatic heterocycles. The number of benzene rings is 1. The molecule has 22 heavy (non-hydrogen) atoms. The Balaban J connectivity index is 1.73. The summed E-state index contributed by atoms with van der Waals surface area (Å²) in [7, 11) is 0. The first kappa shape index (κ1) is 15.8. The van der Waals surface area contributed by atoms with Crippen LogP contribution in [0.5, 0.6) is 0 Å². The number of nitrogens with one attached hydrogen (secondary N) is 1. The van der Waals surface area contributed by atoms with E-state index in [1.54, 1.807) is 11.8 Å². The lowest BCUT2D eigenvalue weighted by Gasteiger charge is -2.20. The molecule has 2 saturated heterocycles. The van der Waals surface area contributed by atoms with Crippen LogP contribution in [0.3, 0.4) is 0 Å². The fourth-order valence-electron chi connectivity index (χ4n) is 3.34. The summed E-state index contributed by atoms with van der Waals surface area (Å²) in [5.41, 5.74) is 2.50. The van der Waals surface area contributed by atoms with Crippen LogP contribution in [-0.2, 0) is 11.3 Å². The predicted molar refractivity (Wildman–Crippen MR) is 89.9 cm³/mol. The number of nitrogens with zero attached hydrogens (tertiary/aromatic N) is 1. The van der Waals surface area contributed by atoms with Gasteiger partial charge < -0.3 is 5.11 Å². The normalized spacial score (nSPS) is 28.1. The number of carboxylic acid groups (broad SMARTS) is 1. The van der Waals surface area contributed by atoms with E-state index < -0.39 is 12.0 Å². The molecule has 0 amide bonds. The van der Waals surface area contributed by atoms with Gasteiger partial charge in [0.1, 0.15) is 6.04 Å². The molecule has 0 radical (unpaired) electrons. The molecular formula is C17H24N2O2S. The van der Waals surface area contributed by atoms with E-state index in [-0.39, 0.29) is 10.1 Å². The third kappa shape index (κ3) is 3.31. The summed E-state index contributed by atoms with van der Waals surface area (Å²) >= 11 is 1.70. The van der Waals surface area contributed by atoms with Crippen LogP contribution in [0, 0.1) is 0 Å². The molecule has 0 saturated carbocycles.